The van der Waals surface area contributed by atoms with E-state index in [9.17, 15) is 13.2 Å². The average molecular weight is 361 g/mol. The molecule has 0 amide bonds. The van der Waals surface area contributed by atoms with Crippen molar-refractivity contribution < 1.29 is 17.9 Å². The van der Waals surface area contributed by atoms with Crippen molar-refractivity contribution in [2.75, 3.05) is 33.3 Å². The van der Waals surface area contributed by atoms with Gasteiger partial charge in [-0.1, -0.05) is 0 Å². The molecule has 2 atom stereocenters. The van der Waals surface area contributed by atoms with Gasteiger partial charge >= 0.3 is 5.97 Å². The second-order valence-electron chi connectivity index (χ2n) is 5.97. The highest BCUT2D eigenvalue weighted by molar-refractivity contribution is 7.89. The summed E-state index contributed by atoms with van der Waals surface area (Å²) in [6.07, 6.45) is 0. The number of fused-ring (bicyclic) bond motifs is 1. The zero-order valence-corrected chi connectivity index (χ0v) is 14.7. The van der Waals surface area contributed by atoms with Crippen LogP contribution in [0.15, 0.2) is 23.1 Å². The van der Waals surface area contributed by atoms with E-state index in [1.807, 2.05) is 0 Å². The van der Waals surface area contributed by atoms with Crippen LogP contribution in [0.25, 0.3) is 0 Å². The molecule has 3 rings (SSSR count). The molecular formula is C15H21ClN2O4S. The maximum Gasteiger partial charge on any atom is 0.338 e. The number of hydrogen-bond donors (Lipinski definition) is 1. The first-order valence-corrected chi connectivity index (χ1v) is 8.77. The van der Waals surface area contributed by atoms with E-state index in [1.54, 1.807) is 17.3 Å². The van der Waals surface area contributed by atoms with Gasteiger partial charge in [-0.3, -0.25) is 0 Å². The fraction of sp³-hybridized carbons (Fsp3) is 0.533. The van der Waals surface area contributed by atoms with Crippen LogP contribution < -0.4 is 5.32 Å². The van der Waals surface area contributed by atoms with E-state index in [4.69, 9.17) is 0 Å². The summed E-state index contributed by atoms with van der Waals surface area (Å²) in [4.78, 5) is 11.8. The van der Waals surface area contributed by atoms with Gasteiger partial charge in [0.2, 0.25) is 10.0 Å². The Morgan fingerprint density at radius 1 is 1.26 bits per heavy atom. The number of nitrogens with zero attached hydrogens (tertiary/aromatic N) is 1. The number of benzene rings is 1. The molecule has 128 valence electrons. The summed E-state index contributed by atoms with van der Waals surface area (Å²) in [6.45, 7) is 4.62. The number of carbonyl (C=O) groups excluding carboxylic acids is 1. The Bertz CT molecular complexity index is 695. The lowest BCUT2D eigenvalue weighted by Crippen LogP contribution is -2.32. The summed E-state index contributed by atoms with van der Waals surface area (Å²) >= 11 is 0. The van der Waals surface area contributed by atoms with E-state index in [0.29, 0.717) is 36.1 Å². The second-order valence-corrected chi connectivity index (χ2v) is 7.91. The number of esters is 1. The van der Waals surface area contributed by atoms with E-state index in [0.717, 1.165) is 13.1 Å². The Kier molecular flexibility index (Phi) is 5.35. The molecule has 2 fully saturated rings. The first kappa shape index (κ1) is 18.2. The Balaban J connectivity index is 0.00000192. The van der Waals surface area contributed by atoms with Gasteiger partial charge in [0, 0.05) is 13.1 Å². The Labute approximate surface area is 142 Å². The molecule has 0 radical (unpaired) electrons. The Morgan fingerprint density at radius 2 is 1.87 bits per heavy atom. The van der Waals surface area contributed by atoms with Gasteiger partial charge in [0.25, 0.3) is 0 Å². The van der Waals surface area contributed by atoms with Crippen LogP contribution >= 0.6 is 12.4 Å². The van der Waals surface area contributed by atoms with Gasteiger partial charge in [-0.2, -0.15) is 4.31 Å². The molecule has 0 spiro atoms. The van der Waals surface area contributed by atoms with Crippen molar-refractivity contribution >= 4 is 28.4 Å². The number of aryl methyl sites for hydroxylation is 1. The summed E-state index contributed by atoms with van der Waals surface area (Å²) in [7, 11) is -2.19. The molecule has 2 saturated heterocycles. The standard InChI is InChI=1S/C15H20N2O4S.ClH/c1-10-5-13(3-4-14(10)15(18)21-2)22(19,20)17-8-11-6-16-7-12(11)9-17;/h3-5,11-12,16H,6-9H2,1-2H3;1H/t11-,12+;. The molecule has 23 heavy (non-hydrogen) atoms. The lowest BCUT2D eigenvalue weighted by molar-refractivity contribution is 0.0600. The summed E-state index contributed by atoms with van der Waals surface area (Å²) in [5, 5.41) is 3.30. The second kappa shape index (κ2) is 6.76. The van der Waals surface area contributed by atoms with Crippen molar-refractivity contribution in [1.29, 1.82) is 0 Å². The third kappa shape index (κ3) is 3.24. The van der Waals surface area contributed by atoms with Crippen LogP contribution in [0.1, 0.15) is 15.9 Å². The lowest BCUT2D eigenvalue weighted by Gasteiger charge is -2.18. The highest BCUT2D eigenvalue weighted by atomic mass is 35.5. The first-order chi connectivity index (χ1) is 10.4. The van der Waals surface area contributed by atoms with Crippen LogP contribution in [-0.4, -0.2) is 52.0 Å². The summed E-state index contributed by atoms with van der Waals surface area (Å²) < 4.78 is 31.8. The van der Waals surface area contributed by atoms with Crippen LogP contribution in [0.5, 0.6) is 0 Å². The molecule has 0 aliphatic carbocycles. The fourth-order valence-corrected chi connectivity index (χ4v) is 4.93. The normalized spacial score (nSPS) is 24.1. The molecule has 8 heteroatoms. The summed E-state index contributed by atoms with van der Waals surface area (Å²) in [5.74, 6) is 0.360. The van der Waals surface area contributed by atoms with Crippen molar-refractivity contribution in [2.45, 2.75) is 11.8 Å². The smallest absolute Gasteiger partial charge is 0.338 e. The van der Waals surface area contributed by atoms with Gasteiger partial charge in [0.1, 0.15) is 0 Å². The number of ether oxygens (including phenoxy) is 1. The van der Waals surface area contributed by atoms with Crippen molar-refractivity contribution in [3.8, 4) is 0 Å². The SMILES string of the molecule is COC(=O)c1ccc(S(=O)(=O)N2C[C@H]3CNC[C@H]3C2)cc1C.Cl. The highest BCUT2D eigenvalue weighted by Gasteiger charge is 2.41. The number of carbonyl (C=O) groups is 1. The molecule has 6 nitrogen and oxygen atoms in total. The zero-order valence-electron chi connectivity index (χ0n) is 13.1. The van der Waals surface area contributed by atoms with Gasteiger partial charge in [0.15, 0.2) is 0 Å². The summed E-state index contributed by atoms with van der Waals surface area (Å²) in [5.41, 5.74) is 0.998. The van der Waals surface area contributed by atoms with Crippen molar-refractivity contribution in [3.63, 3.8) is 0 Å². The molecule has 1 aromatic rings. The van der Waals surface area contributed by atoms with Crippen molar-refractivity contribution in [2.24, 2.45) is 11.8 Å². The van der Waals surface area contributed by atoms with E-state index in [-0.39, 0.29) is 17.3 Å². The number of rotatable bonds is 3. The Hall–Kier alpha value is -1.15. The number of halogens is 1. The van der Waals surface area contributed by atoms with Crippen molar-refractivity contribution in [1.82, 2.24) is 9.62 Å². The average Bonchev–Trinajstić information content (AvgIpc) is 3.07. The van der Waals surface area contributed by atoms with Gasteiger partial charge in [-0.25, -0.2) is 13.2 Å². The largest absolute Gasteiger partial charge is 0.465 e. The van der Waals surface area contributed by atoms with Crippen LogP contribution in [0.3, 0.4) is 0 Å². The third-order valence-electron chi connectivity index (χ3n) is 4.60. The monoisotopic (exact) mass is 360 g/mol. The molecule has 2 aliphatic rings. The molecule has 2 aliphatic heterocycles. The molecule has 0 bridgehead atoms. The van der Waals surface area contributed by atoms with E-state index < -0.39 is 16.0 Å². The van der Waals surface area contributed by atoms with E-state index in [2.05, 4.69) is 10.1 Å². The molecule has 0 saturated carbocycles. The fourth-order valence-electron chi connectivity index (χ4n) is 3.29. The van der Waals surface area contributed by atoms with E-state index >= 15 is 0 Å². The minimum Gasteiger partial charge on any atom is -0.465 e. The van der Waals surface area contributed by atoms with Gasteiger partial charge in [-0.15, -0.1) is 12.4 Å². The number of methoxy groups -OCH3 is 1. The minimum atomic E-state index is -3.50. The van der Waals surface area contributed by atoms with Gasteiger partial charge in [-0.05, 0) is 55.6 Å². The molecule has 1 N–H and O–H groups in total. The van der Waals surface area contributed by atoms with Crippen LogP contribution in [0.2, 0.25) is 0 Å². The van der Waals surface area contributed by atoms with Crippen LogP contribution in [-0.2, 0) is 14.8 Å². The predicted molar refractivity (Wildman–Crippen MR) is 88.4 cm³/mol. The number of hydrogen-bond acceptors (Lipinski definition) is 5. The molecule has 0 aromatic heterocycles. The lowest BCUT2D eigenvalue weighted by atomic mass is 10.0. The highest BCUT2D eigenvalue weighted by Crippen LogP contribution is 2.31. The maximum atomic E-state index is 12.8. The summed E-state index contributed by atoms with van der Waals surface area (Å²) in [6, 6.07) is 4.56. The van der Waals surface area contributed by atoms with Crippen LogP contribution in [0.4, 0.5) is 0 Å². The number of sulfonamides is 1. The van der Waals surface area contributed by atoms with E-state index in [1.165, 1.54) is 19.2 Å². The maximum absolute atomic E-state index is 12.8. The Morgan fingerprint density at radius 3 is 2.39 bits per heavy atom. The topological polar surface area (TPSA) is 75.7 Å². The van der Waals surface area contributed by atoms with Crippen LogP contribution in [0, 0.1) is 18.8 Å². The first-order valence-electron chi connectivity index (χ1n) is 7.33. The quantitative estimate of drug-likeness (QED) is 0.815. The predicted octanol–water partition coefficient (Wildman–Crippen LogP) is 1.04. The molecule has 0 unspecified atom stereocenters. The third-order valence-corrected chi connectivity index (χ3v) is 6.42. The van der Waals surface area contributed by atoms with Gasteiger partial charge in [0.05, 0.1) is 17.6 Å². The molecule has 2 heterocycles. The zero-order chi connectivity index (χ0) is 15.9. The van der Waals surface area contributed by atoms with Gasteiger partial charge < -0.3 is 10.1 Å². The number of nitrogens with one attached hydrogen (secondary N) is 1. The minimum absolute atomic E-state index is 0. The molecule has 1 aromatic carbocycles. The van der Waals surface area contributed by atoms with Crippen molar-refractivity contribution in [3.05, 3.63) is 29.3 Å². The molecular weight excluding hydrogens is 340 g/mol.